The van der Waals surface area contributed by atoms with E-state index in [0.29, 0.717) is 0 Å². The molecule has 0 saturated carbocycles. The van der Waals surface area contributed by atoms with Gasteiger partial charge in [-0.3, -0.25) is 4.90 Å². The van der Waals surface area contributed by atoms with Gasteiger partial charge < -0.3 is 14.8 Å². The first-order valence-electron chi connectivity index (χ1n) is 11.0. The number of benzene rings is 3. The number of piperazine rings is 1. The van der Waals surface area contributed by atoms with Gasteiger partial charge in [0.2, 0.25) is 0 Å². The second-order valence-corrected chi connectivity index (χ2v) is 8.38. The molecular weight excluding hydrogens is 382 g/mol. The Balaban J connectivity index is 1.18. The Morgan fingerprint density at radius 1 is 0.806 bits per heavy atom. The fourth-order valence-electron chi connectivity index (χ4n) is 4.26. The summed E-state index contributed by atoms with van der Waals surface area (Å²) in [4.78, 5) is 9.81. The standard InChI is InChI=1S/C26H29N5/c1-20-7-9-21(10-8-20)27-22-11-13-23(14-12-22)31-17-15-30(16-18-31)19-26-28-24-5-3-4-6-25(24)29(26)2/h3-14,27H,15-19H2,1-2H3. The monoisotopic (exact) mass is 411 g/mol. The summed E-state index contributed by atoms with van der Waals surface area (Å²) in [5, 5.41) is 3.48. The number of nitrogens with zero attached hydrogens (tertiary/aromatic N) is 4. The smallest absolute Gasteiger partial charge is 0.123 e. The minimum Gasteiger partial charge on any atom is -0.369 e. The maximum absolute atomic E-state index is 4.83. The molecule has 1 fully saturated rings. The average molecular weight is 412 g/mol. The van der Waals surface area contributed by atoms with Crippen molar-refractivity contribution in [3.8, 4) is 0 Å². The normalized spacial score (nSPS) is 14.8. The number of fused-ring (bicyclic) bond motifs is 1. The van der Waals surface area contributed by atoms with Crippen LogP contribution in [-0.2, 0) is 13.6 Å². The Labute approximate surface area is 183 Å². The number of hydrogen-bond acceptors (Lipinski definition) is 4. The van der Waals surface area contributed by atoms with Crippen LogP contribution in [0.3, 0.4) is 0 Å². The van der Waals surface area contributed by atoms with Gasteiger partial charge in [-0.1, -0.05) is 29.8 Å². The molecule has 4 aromatic rings. The van der Waals surface area contributed by atoms with Crippen LogP contribution in [0.4, 0.5) is 17.1 Å². The van der Waals surface area contributed by atoms with Crippen LogP contribution in [0.1, 0.15) is 11.4 Å². The van der Waals surface area contributed by atoms with E-state index in [-0.39, 0.29) is 0 Å². The molecule has 0 aliphatic carbocycles. The van der Waals surface area contributed by atoms with Crippen LogP contribution < -0.4 is 10.2 Å². The molecule has 158 valence electrons. The quantitative estimate of drug-likeness (QED) is 0.504. The van der Waals surface area contributed by atoms with Gasteiger partial charge in [0.1, 0.15) is 5.82 Å². The first-order chi connectivity index (χ1) is 15.2. The number of nitrogens with one attached hydrogen (secondary N) is 1. The van der Waals surface area contributed by atoms with Crippen LogP contribution in [0.25, 0.3) is 11.0 Å². The molecule has 2 heterocycles. The molecule has 0 spiro atoms. The summed E-state index contributed by atoms with van der Waals surface area (Å²) in [6.45, 7) is 7.18. The maximum Gasteiger partial charge on any atom is 0.123 e. The number of rotatable bonds is 5. The van der Waals surface area contributed by atoms with E-state index < -0.39 is 0 Å². The molecular formula is C26H29N5. The van der Waals surface area contributed by atoms with Gasteiger partial charge in [-0.15, -0.1) is 0 Å². The van der Waals surface area contributed by atoms with Crippen LogP contribution in [0.5, 0.6) is 0 Å². The van der Waals surface area contributed by atoms with E-state index in [1.807, 2.05) is 0 Å². The van der Waals surface area contributed by atoms with E-state index in [0.717, 1.165) is 55.4 Å². The Kier molecular flexibility index (Phi) is 5.35. The fourth-order valence-corrected chi connectivity index (χ4v) is 4.26. The minimum absolute atomic E-state index is 0.901. The molecule has 3 aromatic carbocycles. The van der Waals surface area contributed by atoms with Crippen molar-refractivity contribution in [1.82, 2.24) is 14.5 Å². The highest BCUT2D eigenvalue weighted by molar-refractivity contribution is 5.75. The summed E-state index contributed by atoms with van der Waals surface area (Å²) in [7, 11) is 2.12. The minimum atomic E-state index is 0.901. The van der Waals surface area contributed by atoms with E-state index in [9.17, 15) is 0 Å². The van der Waals surface area contributed by atoms with Crippen molar-refractivity contribution >= 4 is 28.1 Å². The maximum atomic E-state index is 4.83. The largest absolute Gasteiger partial charge is 0.369 e. The molecule has 0 unspecified atom stereocenters. The Morgan fingerprint density at radius 2 is 1.45 bits per heavy atom. The van der Waals surface area contributed by atoms with Crippen LogP contribution in [0, 0.1) is 6.92 Å². The predicted molar refractivity (Wildman–Crippen MR) is 129 cm³/mol. The molecule has 0 amide bonds. The lowest BCUT2D eigenvalue weighted by Crippen LogP contribution is -2.46. The van der Waals surface area contributed by atoms with Gasteiger partial charge in [0.25, 0.3) is 0 Å². The third-order valence-electron chi connectivity index (χ3n) is 6.19. The molecule has 0 atom stereocenters. The Bertz CT molecular complexity index is 1150. The second kappa shape index (κ2) is 8.44. The molecule has 1 aliphatic heterocycles. The summed E-state index contributed by atoms with van der Waals surface area (Å²) >= 11 is 0. The van der Waals surface area contributed by atoms with Gasteiger partial charge >= 0.3 is 0 Å². The zero-order chi connectivity index (χ0) is 21.2. The highest BCUT2D eigenvalue weighted by Crippen LogP contribution is 2.23. The van der Waals surface area contributed by atoms with E-state index in [2.05, 4.69) is 106 Å². The summed E-state index contributed by atoms with van der Waals surface area (Å²) in [5.41, 5.74) is 7.09. The molecule has 5 nitrogen and oxygen atoms in total. The highest BCUT2D eigenvalue weighted by atomic mass is 15.3. The zero-order valence-electron chi connectivity index (χ0n) is 18.3. The van der Waals surface area contributed by atoms with E-state index in [4.69, 9.17) is 4.98 Å². The van der Waals surface area contributed by atoms with Crippen LogP contribution >= 0.6 is 0 Å². The molecule has 1 saturated heterocycles. The number of aromatic nitrogens is 2. The summed E-state index contributed by atoms with van der Waals surface area (Å²) in [6.07, 6.45) is 0. The molecule has 1 aliphatic rings. The molecule has 0 radical (unpaired) electrons. The lowest BCUT2D eigenvalue weighted by molar-refractivity contribution is 0.242. The predicted octanol–water partition coefficient (Wildman–Crippen LogP) is 4.95. The lowest BCUT2D eigenvalue weighted by Gasteiger charge is -2.36. The second-order valence-electron chi connectivity index (χ2n) is 8.38. The fraction of sp³-hybridized carbons (Fsp3) is 0.269. The zero-order valence-corrected chi connectivity index (χ0v) is 18.3. The van der Waals surface area contributed by atoms with Crippen LogP contribution in [-0.4, -0.2) is 40.6 Å². The van der Waals surface area contributed by atoms with Crippen molar-refractivity contribution in [1.29, 1.82) is 0 Å². The van der Waals surface area contributed by atoms with Gasteiger partial charge in [-0.2, -0.15) is 0 Å². The molecule has 5 rings (SSSR count). The average Bonchev–Trinajstić information content (AvgIpc) is 3.12. The number of anilines is 3. The van der Waals surface area contributed by atoms with Crippen LogP contribution in [0.2, 0.25) is 0 Å². The Hall–Kier alpha value is -3.31. The highest BCUT2D eigenvalue weighted by Gasteiger charge is 2.19. The molecule has 1 aromatic heterocycles. The number of aryl methyl sites for hydroxylation is 2. The van der Waals surface area contributed by atoms with E-state index >= 15 is 0 Å². The van der Waals surface area contributed by atoms with Gasteiger partial charge in [0.15, 0.2) is 0 Å². The van der Waals surface area contributed by atoms with Gasteiger partial charge in [0.05, 0.1) is 17.6 Å². The number of para-hydroxylation sites is 2. The van der Waals surface area contributed by atoms with Crippen molar-refractivity contribution < 1.29 is 0 Å². The van der Waals surface area contributed by atoms with Crippen LogP contribution in [0.15, 0.2) is 72.8 Å². The molecule has 5 heteroatoms. The van der Waals surface area contributed by atoms with E-state index in [1.54, 1.807) is 0 Å². The third kappa shape index (κ3) is 4.28. The molecule has 31 heavy (non-hydrogen) atoms. The molecule has 1 N–H and O–H groups in total. The van der Waals surface area contributed by atoms with Crippen molar-refractivity contribution in [2.24, 2.45) is 7.05 Å². The van der Waals surface area contributed by atoms with Gasteiger partial charge in [-0.25, -0.2) is 4.98 Å². The number of imidazole rings is 1. The lowest BCUT2D eigenvalue weighted by atomic mass is 10.2. The first-order valence-corrected chi connectivity index (χ1v) is 11.0. The van der Waals surface area contributed by atoms with Crippen molar-refractivity contribution in [3.05, 3.63) is 84.2 Å². The van der Waals surface area contributed by atoms with Gasteiger partial charge in [0, 0.05) is 50.3 Å². The Morgan fingerprint density at radius 3 is 2.13 bits per heavy atom. The van der Waals surface area contributed by atoms with Gasteiger partial charge in [-0.05, 0) is 55.5 Å². The summed E-state index contributed by atoms with van der Waals surface area (Å²) in [6, 6.07) is 25.6. The molecule has 0 bridgehead atoms. The van der Waals surface area contributed by atoms with Crippen molar-refractivity contribution in [3.63, 3.8) is 0 Å². The first kappa shape index (κ1) is 19.6. The van der Waals surface area contributed by atoms with Crippen molar-refractivity contribution in [2.45, 2.75) is 13.5 Å². The van der Waals surface area contributed by atoms with Crippen molar-refractivity contribution in [2.75, 3.05) is 36.4 Å². The topological polar surface area (TPSA) is 36.3 Å². The number of hydrogen-bond donors (Lipinski definition) is 1. The SMILES string of the molecule is Cc1ccc(Nc2ccc(N3CCN(Cc4nc5ccccc5n4C)CC3)cc2)cc1. The third-order valence-corrected chi connectivity index (χ3v) is 6.19. The summed E-state index contributed by atoms with van der Waals surface area (Å²) in [5.74, 6) is 1.14. The summed E-state index contributed by atoms with van der Waals surface area (Å²) < 4.78 is 2.22. The van der Waals surface area contributed by atoms with E-state index in [1.165, 1.54) is 16.8 Å².